The lowest BCUT2D eigenvalue weighted by molar-refractivity contribution is 0.484. The summed E-state index contributed by atoms with van der Waals surface area (Å²) in [6.07, 6.45) is 0. The summed E-state index contributed by atoms with van der Waals surface area (Å²) >= 11 is 2.23. The summed E-state index contributed by atoms with van der Waals surface area (Å²) in [5.41, 5.74) is 7.88. The quantitative estimate of drug-likeness (QED) is 0.636. The van der Waals surface area contributed by atoms with Crippen molar-refractivity contribution in [1.82, 2.24) is 0 Å². The third-order valence-electron chi connectivity index (χ3n) is 2.75. The standard InChI is InChI=1S/C15H16INO/c1-10(2)11-3-6-13(7-4-11)18-15-8-5-12(16)9-14(15)17/h3-10H,17H2,1-2H3. The van der Waals surface area contributed by atoms with E-state index in [0.717, 1.165) is 9.32 Å². The van der Waals surface area contributed by atoms with Crippen LogP contribution in [0.15, 0.2) is 42.5 Å². The second-order valence-corrected chi connectivity index (χ2v) is 5.75. The van der Waals surface area contributed by atoms with Crippen molar-refractivity contribution in [2.75, 3.05) is 5.73 Å². The van der Waals surface area contributed by atoms with Crippen molar-refractivity contribution < 1.29 is 4.74 Å². The van der Waals surface area contributed by atoms with Crippen LogP contribution in [0.1, 0.15) is 25.3 Å². The van der Waals surface area contributed by atoms with Crippen LogP contribution in [0.4, 0.5) is 5.69 Å². The number of ether oxygens (including phenoxy) is 1. The topological polar surface area (TPSA) is 35.2 Å². The van der Waals surface area contributed by atoms with Crippen molar-refractivity contribution in [2.45, 2.75) is 19.8 Å². The second-order valence-electron chi connectivity index (χ2n) is 4.51. The van der Waals surface area contributed by atoms with E-state index in [0.29, 0.717) is 17.4 Å². The number of hydrogen-bond acceptors (Lipinski definition) is 2. The van der Waals surface area contributed by atoms with E-state index in [-0.39, 0.29) is 0 Å². The van der Waals surface area contributed by atoms with Gasteiger partial charge in [0.15, 0.2) is 0 Å². The SMILES string of the molecule is CC(C)c1ccc(Oc2ccc(I)cc2N)cc1. The monoisotopic (exact) mass is 353 g/mol. The van der Waals surface area contributed by atoms with Crippen molar-refractivity contribution in [3.05, 3.63) is 51.6 Å². The lowest BCUT2D eigenvalue weighted by Crippen LogP contribution is -1.93. The van der Waals surface area contributed by atoms with Crippen LogP contribution in [0.2, 0.25) is 0 Å². The molecule has 0 aromatic heterocycles. The Morgan fingerprint density at radius 2 is 1.72 bits per heavy atom. The largest absolute Gasteiger partial charge is 0.455 e. The summed E-state index contributed by atoms with van der Waals surface area (Å²) in [5.74, 6) is 2.04. The number of hydrogen-bond donors (Lipinski definition) is 1. The molecule has 0 atom stereocenters. The van der Waals surface area contributed by atoms with Crippen LogP contribution in [0.3, 0.4) is 0 Å². The summed E-state index contributed by atoms with van der Waals surface area (Å²) in [6.45, 7) is 4.35. The molecule has 2 aromatic carbocycles. The number of nitrogen functional groups attached to an aromatic ring is 1. The van der Waals surface area contributed by atoms with Gasteiger partial charge in [-0.05, 0) is 64.4 Å². The fraction of sp³-hybridized carbons (Fsp3) is 0.200. The van der Waals surface area contributed by atoms with Gasteiger partial charge >= 0.3 is 0 Å². The van der Waals surface area contributed by atoms with E-state index in [1.807, 2.05) is 30.3 Å². The van der Waals surface area contributed by atoms with E-state index in [2.05, 4.69) is 48.6 Å². The Hall–Kier alpha value is -1.23. The van der Waals surface area contributed by atoms with Gasteiger partial charge in [-0.3, -0.25) is 0 Å². The Balaban J connectivity index is 2.18. The number of halogens is 1. The predicted octanol–water partition coefficient (Wildman–Crippen LogP) is 4.79. The predicted molar refractivity (Wildman–Crippen MR) is 84.2 cm³/mol. The zero-order valence-electron chi connectivity index (χ0n) is 10.5. The molecule has 2 nitrogen and oxygen atoms in total. The van der Waals surface area contributed by atoms with Crippen molar-refractivity contribution >= 4 is 28.3 Å². The summed E-state index contributed by atoms with van der Waals surface area (Å²) in [4.78, 5) is 0. The van der Waals surface area contributed by atoms with Gasteiger partial charge < -0.3 is 10.5 Å². The van der Waals surface area contributed by atoms with Gasteiger partial charge in [0.05, 0.1) is 5.69 Å². The lowest BCUT2D eigenvalue weighted by atomic mass is 10.0. The second kappa shape index (κ2) is 5.61. The number of anilines is 1. The molecule has 18 heavy (non-hydrogen) atoms. The number of nitrogens with two attached hydrogens (primary N) is 1. The zero-order chi connectivity index (χ0) is 13.1. The van der Waals surface area contributed by atoms with Crippen LogP contribution in [-0.4, -0.2) is 0 Å². The van der Waals surface area contributed by atoms with E-state index in [1.165, 1.54) is 5.56 Å². The summed E-state index contributed by atoms with van der Waals surface area (Å²) in [6, 6.07) is 13.9. The molecular weight excluding hydrogens is 337 g/mol. The van der Waals surface area contributed by atoms with Crippen molar-refractivity contribution in [1.29, 1.82) is 0 Å². The van der Waals surface area contributed by atoms with Gasteiger partial charge in [0.1, 0.15) is 11.5 Å². The molecule has 0 fully saturated rings. The molecule has 0 radical (unpaired) electrons. The molecule has 0 unspecified atom stereocenters. The highest BCUT2D eigenvalue weighted by atomic mass is 127. The maximum atomic E-state index is 5.92. The van der Waals surface area contributed by atoms with Gasteiger partial charge in [-0.2, -0.15) is 0 Å². The highest BCUT2D eigenvalue weighted by Gasteiger charge is 2.04. The maximum Gasteiger partial charge on any atom is 0.150 e. The van der Waals surface area contributed by atoms with Crippen LogP contribution in [0.25, 0.3) is 0 Å². The molecule has 0 spiro atoms. The first kappa shape index (κ1) is 13.2. The third-order valence-corrected chi connectivity index (χ3v) is 3.42. The molecule has 3 heteroatoms. The smallest absolute Gasteiger partial charge is 0.150 e. The molecule has 2 aromatic rings. The Morgan fingerprint density at radius 3 is 2.28 bits per heavy atom. The molecule has 2 N–H and O–H groups in total. The first-order valence-corrected chi connectivity index (χ1v) is 6.97. The molecule has 0 bridgehead atoms. The summed E-state index contributed by atoms with van der Waals surface area (Å²) in [5, 5.41) is 0. The molecule has 0 saturated carbocycles. The van der Waals surface area contributed by atoms with E-state index >= 15 is 0 Å². The van der Waals surface area contributed by atoms with E-state index < -0.39 is 0 Å². The molecule has 0 heterocycles. The number of benzene rings is 2. The summed E-state index contributed by atoms with van der Waals surface area (Å²) in [7, 11) is 0. The van der Waals surface area contributed by atoms with Crippen LogP contribution in [0, 0.1) is 3.57 Å². The molecule has 0 amide bonds. The van der Waals surface area contributed by atoms with E-state index in [4.69, 9.17) is 10.5 Å². The third kappa shape index (κ3) is 3.16. The van der Waals surface area contributed by atoms with Gasteiger partial charge in [-0.1, -0.05) is 26.0 Å². The minimum atomic E-state index is 0.530. The average molecular weight is 353 g/mol. The molecular formula is C15H16INO. The molecule has 94 valence electrons. The highest BCUT2D eigenvalue weighted by molar-refractivity contribution is 14.1. The van der Waals surface area contributed by atoms with Gasteiger partial charge in [-0.15, -0.1) is 0 Å². The minimum absolute atomic E-state index is 0.530. The minimum Gasteiger partial charge on any atom is -0.455 e. The van der Waals surface area contributed by atoms with Crippen molar-refractivity contribution in [3.63, 3.8) is 0 Å². The van der Waals surface area contributed by atoms with Crippen LogP contribution >= 0.6 is 22.6 Å². The van der Waals surface area contributed by atoms with Crippen molar-refractivity contribution in [2.24, 2.45) is 0 Å². The van der Waals surface area contributed by atoms with Gasteiger partial charge in [0.2, 0.25) is 0 Å². The molecule has 0 saturated heterocycles. The first-order chi connectivity index (χ1) is 8.56. The van der Waals surface area contributed by atoms with E-state index in [1.54, 1.807) is 0 Å². The fourth-order valence-electron chi connectivity index (χ4n) is 1.66. The fourth-order valence-corrected chi connectivity index (χ4v) is 2.18. The first-order valence-electron chi connectivity index (χ1n) is 5.89. The van der Waals surface area contributed by atoms with Gasteiger partial charge in [0.25, 0.3) is 0 Å². The van der Waals surface area contributed by atoms with Crippen LogP contribution in [0.5, 0.6) is 11.5 Å². The molecule has 0 aliphatic carbocycles. The Labute approximate surface area is 121 Å². The van der Waals surface area contributed by atoms with Crippen LogP contribution < -0.4 is 10.5 Å². The molecule has 0 aliphatic heterocycles. The lowest BCUT2D eigenvalue weighted by Gasteiger charge is -2.10. The maximum absolute atomic E-state index is 5.92. The molecule has 2 rings (SSSR count). The van der Waals surface area contributed by atoms with Crippen LogP contribution in [-0.2, 0) is 0 Å². The Kier molecular flexibility index (Phi) is 4.11. The van der Waals surface area contributed by atoms with Gasteiger partial charge in [-0.25, -0.2) is 0 Å². The average Bonchev–Trinajstić information content (AvgIpc) is 2.33. The van der Waals surface area contributed by atoms with Gasteiger partial charge in [0, 0.05) is 3.57 Å². The summed E-state index contributed by atoms with van der Waals surface area (Å²) < 4.78 is 6.87. The van der Waals surface area contributed by atoms with E-state index in [9.17, 15) is 0 Å². The Bertz CT molecular complexity index is 535. The molecule has 0 aliphatic rings. The highest BCUT2D eigenvalue weighted by Crippen LogP contribution is 2.29. The Morgan fingerprint density at radius 1 is 1.06 bits per heavy atom. The normalized spacial score (nSPS) is 10.7. The van der Waals surface area contributed by atoms with Crippen molar-refractivity contribution in [3.8, 4) is 11.5 Å². The number of rotatable bonds is 3. The zero-order valence-corrected chi connectivity index (χ0v) is 12.6.